The van der Waals surface area contributed by atoms with Gasteiger partial charge >= 0.3 is 0 Å². The molecule has 0 aliphatic carbocycles. The van der Waals surface area contributed by atoms with E-state index in [9.17, 15) is 18.5 Å². The van der Waals surface area contributed by atoms with Crippen molar-refractivity contribution >= 4 is 27.7 Å². The van der Waals surface area contributed by atoms with E-state index in [2.05, 4.69) is 15.5 Å². The summed E-state index contributed by atoms with van der Waals surface area (Å²) >= 11 is 0. The maximum absolute atomic E-state index is 11.4. The Labute approximate surface area is 166 Å². The number of primary sulfonamides is 1. The molecule has 0 unspecified atom stereocenters. The third-order valence-corrected chi connectivity index (χ3v) is 5.16. The van der Waals surface area contributed by atoms with Gasteiger partial charge < -0.3 is 4.57 Å². The molecule has 0 aliphatic heterocycles. The van der Waals surface area contributed by atoms with Crippen LogP contribution in [0.2, 0.25) is 0 Å². The van der Waals surface area contributed by atoms with Gasteiger partial charge in [-0.05, 0) is 50.2 Å². The summed E-state index contributed by atoms with van der Waals surface area (Å²) in [6.45, 7) is 3.83. The zero-order chi connectivity index (χ0) is 21.2. The fraction of sp³-hybridized carbons (Fsp3) is 0.111. The van der Waals surface area contributed by atoms with Gasteiger partial charge in [-0.2, -0.15) is 5.10 Å². The SMILES string of the molecule is Cc1cc(/C=N\Nc2ccc([N+](=O)[O-])cn2)c(C)n1-c1ccc(S(N)(=O)=O)cc1. The van der Waals surface area contributed by atoms with Gasteiger partial charge in [0.25, 0.3) is 5.69 Å². The Kier molecular flexibility index (Phi) is 5.43. The van der Waals surface area contributed by atoms with Crippen molar-refractivity contribution in [3.05, 3.63) is 75.7 Å². The van der Waals surface area contributed by atoms with Crippen molar-refractivity contribution in [2.75, 3.05) is 5.43 Å². The highest BCUT2D eigenvalue weighted by molar-refractivity contribution is 7.89. The van der Waals surface area contributed by atoms with Crippen molar-refractivity contribution in [3.8, 4) is 5.69 Å². The number of nitrogens with two attached hydrogens (primary N) is 1. The average molecular weight is 414 g/mol. The first-order chi connectivity index (χ1) is 13.7. The number of sulfonamides is 1. The van der Waals surface area contributed by atoms with Gasteiger partial charge in [0.1, 0.15) is 12.0 Å². The van der Waals surface area contributed by atoms with Crippen molar-refractivity contribution in [2.45, 2.75) is 18.7 Å². The molecule has 2 heterocycles. The summed E-state index contributed by atoms with van der Waals surface area (Å²) in [6, 6.07) is 11.0. The van der Waals surface area contributed by atoms with Crippen LogP contribution >= 0.6 is 0 Å². The molecule has 0 bridgehead atoms. The number of hydrogen-bond donors (Lipinski definition) is 2. The Balaban J connectivity index is 1.80. The molecule has 0 fully saturated rings. The van der Waals surface area contributed by atoms with Crippen LogP contribution in [0.3, 0.4) is 0 Å². The lowest BCUT2D eigenvalue weighted by atomic mass is 10.2. The molecule has 0 saturated carbocycles. The quantitative estimate of drug-likeness (QED) is 0.360. The minimum atomic E-state index is -3.74. The molecule has 2 aromatic heterocycles. The standard InChI is InChI=1S/C18H18N6O4S/c1-12-9-14(10-21-22-18-8-5-16(11-20-18)24(25)26)13(2)23(12)15-3-6-17(7-4-15)29(19,27)28/h3-11H,1-2H3,(H,20,22)(H2,19,27,28)/b21-10-. The number of nitrogens with one attached hydrogen (secondary N) is 1. The number of aryl methyl sites for hydroxylation is 1. The maximum atomic E-state index is 11.4. The molecule has 0 saturated heterocycles. The number of anilines is 1. The second-order valence-corrected chi connectivity index (χ2v) is 7.79. The Morgan fingerprint density at radius 2 is 1.90 bits per heavy atom. The number of nitro groups is 1. The molecule has 0 amide bonds. The number of nitrogens with zero attached hydrogens (tertiary/aromatic N) is 4. The highest BCUT2D eigenvalue weighted by Gasteiger charge is 2.12. The molecule has 0 spiro atoms. The minimum absolute atomic E-state index is 0.0466. The molecular weight excluding hydrogens is 396 g/mol. The predicted molar refractivity (Wildman–Crippen MR) is 109 cm³/mol. The van der Waals surface area contributed by atoms with Crippen molar-refractivity contribution in [1.82, 2.24) is 9.55 Å². The highest BCUT2D eigenvalue weighted by atomic mass is 32.2. The molecule has 11 heteroatoms. The summed E-state index contributed by atoms with van der Waals surface area (Å²) < 4.78 is 24.8. The van der Waals surface area contributed by atoms with E-state index in [1.165, 1.54) is 24.3 Å². The molecule has 0 aliphatic rings. The van der Waals surface area contributed by atoms with Gasteiger partial charge in [0.05, 0.1) is 16.0 Å². The van der Waals surface area contributed by atoms with E-state index in [-0.39, 0.29) is 10.6 Å². The van der Waals surface area contributed by atoms with Crippen molar-refractivity contribution in [3.63, 3.8) is 0 Å². The minimum Gasteiger partial charge on any atom is -0.318 e. The van der Waals surface area contributed by atoms with Gasteiger partial charge in [0.2, 0.25) is 10.0 Å². The van der Waals surface area contributed by atoms with Gasteiger partial charge in [0, 0.05) is 28.7 Å². The molecule has 29 heavy (non-hydrogen) atoms. The van der Waals surface area contributed by atoms with Crippen LogP contribution in [0, 0.1) is 24.0 Å². The van der Waals surface area contributed by atoms with Crippen LogP contribution in [-0.4, -0.2) is 29.1 Å². The lowest BCUT2D eigenvalue weighted by Gasteiger charge is -2.10. The number of rotatable bonds is 6. The fourth-order valence-corrected chi connectivity index (χ4v) is 3.34. The lowest BCUT2D eigenvalue weighted by Crippen LogP contribution is -2.12. The van der Waals surface area contributed by atoms with Crippen LogP contribution in [0.4, 0.5) is 11.5 Å². The van der Waals surface area contributed by atoms with Gasteiger partial charge in [-0.25, -0.2) is 18.5 Å². The smallest absolute Gasteiger partial charge is 0.287 e. The average Bonchev–Trinajstić information content (AvgIpc) is 2.95. The van der Waals surface area contributed by atoms with Gasteiger partial charge in [-0.1, -0.05) is 0 Å². The van der Waals surface area contributed by atoms with Crippen LogP contribution in [0.25, 0.3) is 5.69 Å². The molecule has 3 N–H and O–H groups in total. The fourth-order valence-electron chi connectivity index (χ4n) is 2.83. The van der Waals surface area contributed by atoms with E-state index in [0.717, 1.165) is 28.8 Å². The van der Waals surface area contributed by atoms with Gasteiger partial charge in [0.15, 0.2) is 0 Å². The molecule has 3 rings (SSSR count). The Morgan fingerprint density at radius 1 is 1.21 bits per heavy atom. The van der Waals surface area contributed by atoms with E-state index in [0.29, 0.717) is 5.82 Å². The van der Waals surface area contributed by atoms with Crippen LogP contribution in [0.1, 0.15) is 17.0 Å². The summed E-state index contributed by atoms with van der Waals surface area (Å²) in [5.41, 5.74) is 6.08. The second-order valence-electron chi connectivity index (χ2n) is 6.23. The third-order valence-electron chi connectivity index (χ3n) is 4.24. The molecule has 3 aromatic rings. The molecule has 0 atom stereocenters. The molecule has 150 valence electrons. The zero-order valence-electron chi connectivity index (χ0n) is 15.6. The Hall–Kier alpha value is -3.57. The number of hydrogen-bond acceptors (Lipinski definition) is 7. The van der Waals surface area contributed by atoms with E-state index < -0.39 is 14.9 Å². The Bertz CT molecular complexity index is 1180. The summed E-state index contributed by atoms with van der Waals surface area (Å²) in [5.74, 6) is 0.374. The first kappa shape index (κ1) is 20.2. The zero-order valence-corrected chi connectivity index (χ0v) is 16.4. The van der Waals surface area contributed by atoms with Crippen LogP contribution in [-0.2, 0) is 10.0 Å². The summed E-state index contributed by atoms with van der Waals surface area (Å²) in [6.07, 6.45) is 2.76. The number of pyridine rings is 1. The lowest BCUT2D eigenvalue weighted by molar-refractivity contribution is -0.385. The number of benzene rings is 1. The van der Waals surface area contributed by atoms with Crippen LogP contribution in [0.15, 0.2) is 58.7 Å². The highest BCUT2D eigenvalue weighted by Crippen LogP contribution is 2.21. The van der Waals surface area contributed by atoms with E-state index in [1.807, 2.05) is 24.5 Å². The van der Waals surface area contributed by atoms with Crippen molar-refractivity contribution in [1.29, 1.82) is 0 Å². The topological polar surface area (TPSA) is 146 Å². The van der Waals surface area contributed by atoms with Crippen molar-refractivity contribution < 1.29 is 13.3 Å². The molecular formula is C18H18N6O4S. The van der Waals surface area contributed by atoms with Gasteiger partial charge in [-0.15, -0.1) is 0 Å². The van der Waals surface area contributed by atoms with Crippen LogP contribution in [0.5, 0.6) is 0 Å². The second kappa shape index (κ2) is 7.81. The monoisotopic (exact) mass is 414 g/mol. The third kappa shape index (κ3) is 4.47. The Morgan fingerprint density at radius 3 is 2.45 bits per heavy atom. The maximum Gasteiger partial charge on any atom is 0.287 e. The molecule has 10 nitrogen and oxygen atoms in total. The molecule has 1 aromatic carbocycles. The largest absolute Gasteiger partial charge is 0.318 e. The molecule has 0 radical (unpaired) electrons. The van der Waals surface area contributed by atoms with Gasteiger partial charge in [-0.3, -0.25) is 15.5 Å². The number of aromatic nitrogens is 2. The first-order valence-electron chi connectivity index (χ1n) is 8.38. The van der Waals surface area contributed by atoms with E-state index in [1.54, 1.807) is 18.3 Å². The summed E-state index contributed by atoms with van der Waals surface area (Å²) in [4.78, 5) is 14.1. The van der Waals surface area contributed by atoms with E-state index >= 15 is 0 Å². The first-order valence-corrected chi connectivity index (χ1v) is 9.93. The number of hydrazone groups is 1. The van der Waals surface area contributed by atoms with E-state index in [4.69, 9.17) is 5.14 Å². The predicted octanol–water partition coefficient (Wildman–Crippen LogP) is 2.49. The normalized spacial score (nSPS) is 11.7. The van der Waals surface area contributed by atoms with Crippen LogP contribution < -0.4 is 10.6 Å². The van der Waals surface area contributed by atoms with Crippen molar-refractivity contribution in [2.24, 2.45) is 10.2 Å². The summed E-state index contributed by atoms with van der Waals surface area (Å²) in [7, 11) is -3.74. The summed E-state index contributed by atoms with van der Waals surface area (Å²) in [5, 5.41) is 19.9.